The molecule has 0 saturated carbocycles. The molecule has 2 heterocycles. The second kappa shape index (κ2) is 6.91. The molecule has 2 N–H and O–H groups in total. The third-order valence-corrected chi connectivity index (χ3v) is 4.80. The lowest BCUT2D eigenvalue weighted by Crippen LogP contribution is -2.37. The molecule has 0 bridgehead atoms. The summed E-state index contributed by atoms with van der Waals surface area (Å²) >= 11 is 5.99. The third kappa shape index (κ3) is 3.37. The number of hydrogen-bond acceptors (Lipinski definition) is 3. The Hall–Kier alpha value is -1.56. The summed E-state index contributed by atoms with van der Waals surface area (Å²) in [6.45, 7) is 0.671. The van der Waals surface area contributed by atoms with Gasteiger partial charge in [0.2, 0.25) is 5.91 Å². The molecule has 2 atom stereocenters. The average Bonchev–Trinajstić information content (AvgIpc) is 3.12. The topological polar surface area (TPSA) is 65.6 Å². The molecule has 6 heteroatoms. The predicted molar refractivity (Wildman–Crippen MR) is 89.6 cm³/mol. The number of fused-ring (bicyclic) bond motifs is 1. The summed E-state index contributed by atoms with van der Waals surface area (Å²) in [5.41, 5.74) is 1.90. The van der Waals surface area contributed by atoms with Gasteiger partial charge in [0.05, 0.1) is 12.5 Å². The molecule has 0 radical (unpaired) electrons. The Kier molecular flexibility index (Phi) is 4.90. The van der Waals surface area contributed by atoms with Crippen LogP contribution in [0.5, 0.6) is 0 Å². The summed E-state index contributed by atoms with van der Waals surface area (Å²) < 4.78 is 5.39. The summed E-state index contributed by atoms with van der Waals surface area (Å²) in [6, 6.07) is 5.68. The molecule has 0 unspecified atom stereocenters. The van der Waals surface area contributed by atoms with Gasteiger partial charge in [-0.15, -0.1) is 0 Å². The van der Waals surface area contributed by atoms with Gasteiger partial charge in [0, 0.05) is 48.4 Å². The van der Waals surface area contributed by atoms with E-state index < -0.39 is 0 Å². The third-order valence-electron chi connectivity index (χ3n) is 4.56. The number of carbonyl (C=O) groups is 1. The van der Waals surface area contributed by atoms with E-state index in [0.717, 1.165) is 22.9 Å². The average molecular weight is 337 g/mol. The van der Waals surface area contributed by atoms with E-state index in [4.69, 9.17) is 16.3 Å². The smallest absolute Gasteiger partial charge is 0.227 e. The van der Waals surface area contributed by atoms with Crippen LogP contribution < -0.4 is 0 Å². The van der Waals surface area contributed by atoms with E-state index in [-0.39, 0.29) is 24.7 Å². The molecule has 0 aliphatic carbocycles. The first-order valence-electron chi connectivity index (χ1n) is 7.81. The number of ether oxygens (including phenoxy) is 1. The zero-order chi connectivity index (χ0) is 16.4. The molecule has 1 saturated heterocycles. The number of benzene rings is 1. The number of nitrogens with zero attached hydrogens (tertiary/aromatic N) is 1. The Bertz CT molecular complexity index is 700. The van der Waals surface area contributed by atoms with Gasteiger partial charge in [-0.25, -0.2) is 0 Å². The summed E-state index contributed by atoms with van der Waals surface area (Å²) in [5, 5.41) is 10.9. The maximum Gasteiger partial charge on any atom is 0.227 e. The Morgan fingerprint density at radius 2 is 2.35 bits per heavy atom. The number of amides is 1. The van der Waals surface area contributed by atoms with E-state index >= 15 is 0 Å². The molecule has 1 fully saturated rings. The molecule has 5 nitrogen and oxygen atoms in total. The van der Waals surface area contributed by atoms with Gasteiger partial charge >= 0.3 is 0 Å². The summed E-state index contributed by atoms with van der Waals surface area (Å²) in [5.74, 6) is 0.0684. The molecular weight excluding hydrogens is 316 g/mol. The second-order valence-corrected chi connectivity index (χ2v) is 6.42. The van der Waals surface area contributed by atoms with E-state index in [1.54, 1.807) is 7.11 Å². The largest absolute Gasteiger partial charge is 0.396 e. The molecule has 3 rings (SSSR count). The lowest BCUT2D eigenvalue weighted by atomic mass is 10.1. The maximum atomic E-state index is 12.7. The number of rotatable bonds is 5. The molecule has 1 aliphatic heterocycles. The van der Waals surface area contributed by atoms with E-state index in [1.165, 1.54) is 0 Å². The molecule has 23 heavy (non-hydrogen) atoms. The van der Waals surface area contributed by atoms with Gasteiger partial charge in [0.1, 0.15) is 0 Å². The van der Waals surface area contributed by atoms with Crippen LogP contribution >= 0.6 is 11.6 Å². The normalized spacial score (nSPS) is 21.3. The zero-order valence-electron chi connectivity index (χ0n) is 13.1. The maximum absolute atomic E-state index is 12.7. The monoisotopic (exact) mass is 336 g/mol. The first-order valence-corrected chi connectivity index (χ1v) is 8.18. The molecule has 1 aromatic heterocycles. The fourth-order valence-corrected chi connectivity index (χ4v) is 3.51. The number of aromatic nitrogens is 1. The first-order chi connectivity index (χ1) is 11.1. The zero-order valence-corrected chi connectivity index (χ0v) is 13.8. The predicted octanol–water partition coefficient (Wildman–Crippen LogP) is 2.36. The number of hydrogen-bond donors (Lipinski definition) is 2. The van der Waals surface area contributed by atoms with Gasteiger partial charge in [-0.05, 0) is 30.5 Å². The first kappa shape index (κ1) is 16.3. The van der Waals surface area contributed by atoms with Crippen molar-refractivity contribution in [3.63, 3.8) is 0 Å². The van der Waals surface area contributed by atoms with Crippen molar-refractivity contribution in [3.05, 3.63) is 35.0 Å². The van der Waals surface area contributed by atoms with Crippen LogP contribution in [0.15, 0.2) is 24.4 Å². The number of halogens is 1. The number of nitrogens with one attached hydrogen (secondary N) is 1. The van der Waals surface area contributed by atoms with Crippen LogP contribution in [0.25, 0.3) is 10.9 Å². The lowest BCUT2D eigenvalue weighted by molar-refractivity contribution is -0.131. The van der Waals surface area contributed by atoms with Crippen LogP contribution in [0, 0.1) is 0 Å². The highest BCUT2D eigenvalue weighted by molar-refractivity contribution is 6.31. The van der Waals surface area contributed by atoms with Gasteiger partial charge in [-0.2, -0.15) is 0 Å². The number of aliphatic hydroxyl groups excluding tert-OH is 1. The van der Waals surface area contributed by atoms with Crippen molar-refractivity contribution < 1.29 is 14.6 Å². The van der Waals surface area contributed by atoms with E-state index in [2.05, 4.69) is 4.98 Å². The van der Waals surface area contributed by atoms with Crippen molar-refractivity contribution in [3.8, 4) is 0 Å². The van der Waals surface area contributed by atoms with Gasteiger partial charge in [-0.1, -0.05) is 17.7 Å². The lowest BCUT2D eigenvalue weighted by Gasteiger charge is -2.23. The van der Waals surface area contributed by atoms with E-state index in [0.29, 0.717) is 24.4 Å². The van der Waals surface area contributed by atoms with Crippen molar-refractivity contribution >= 4 is 28.4 Å². The number of carbonyl (C=O) groups excluding carboxylic acids is 1. The summed E-state index contributed by atoms with van der Waals surface area (Å²) in [6.07, 6.45) is 3.63. The number of aliphatic hydroxyl groups is 1. The summed E-state index contributed by atoms with van der Waals surface area (Å²) in [7, 11) is 1.66. The van der Waals surface area contributed by atoms with Gasteiger partial charge < -0.3 is 19.7 Å². The van der Waals surface area contributed by atoms with E-state index in [1.807, 2.05) is 29.3 Å². The van der Waals surface area contributed by atoms with Crippen molar-refractivity contribution in [2.24, 2.45) is 0 Å². The van der Waals surface area contributed by atoms with Gasteiger partial charge in [0.25, 0.3) is 0 Å². The van der Waals surface area contributed by atoms with Gasteiger partial charge in [0.15, 0.2) is 0 Å². The Morgan fingerprint density at radius 1 is 1.52 bits per heavy atom. The number of H-pyrrole nitrogens is 1. The molecule has 0 spiro atoms. The van der Waals surface area contributed by atoms with Crippen LogP contribution in [0.1, 0.15) is 18.4 Å². The highest BCUT2D eigenvalue weighted by Crippen LogP contribution is 2.26. The SMILES string of the molecule is CO[C@H]1C[C@@H](CCO)N(C(=O)Cc2c[nH]c3cc(Cl)ccc23)C1. The quantitative estimate of drug-likeness (QED) is 0.881. The number of aromatic amines is 1. The standard InChI is InChI=1S/C17H21ClN2O3/c1-23-14-8-13(4-5-21)20(10-14)17(22)6-11-9-19-16-7-12(18)2-3-15(11)16/h2-3,7,9,13-14,19,21H,4-6,8,10H2,1H3/t13-,14+/m1/s1. The number of methoxy groups -OCH3 is 1. The molecule has 1 aliphatic rings. The van der Waals surface area contributed by atoms with Crippen molar-refractivity contribution in [2.75, 3.05) is 20.3 Å². The van der Waals surface area contributed by atoms with Crippen LogP contribution in [0.2, 0.25) is 5.02 Å². The Morgan fingerprint density at radius 3 is 3.09 bits per heavy atom. The Balaban J connectivity index is 1.77. The van der Waals surface area contributed by atoms with Crippen molar-refractivity contribution in [1.29, 1.82) is 0 Å². The molecule has 1 aromatic carbocycles. The van der Waals surface area contributed by atoms with Crippen LogP contribution in [0.4, 0.5) is 0 Å². The molecule has 1 amide bonds. The summed E-state index contributed by atoms with van der Waals surface area (Å²) in [4.78, 5) is 17.7. The minimum atomic E-state index is 0.0529. The van der Waals surface area contributed by atoms with Crippen LogP contribution in [-0.4, -0.2) is 53.3 Å². The minimum absolute atomic E-state index is 0.0529. The molecular formula is C17H21ClN2O3. The van der Waals surface area contributed by atoms with Crippen LogP contribution in [-0.2, 0) is 16.0 Å². The van der Waals surface area contributed by atoms with Crippen molar-refractivity contribution in [2.45, 2.75) is 31.4 Å². The molecule has 124 valence electrons. The fraction of sp³-hybridized carbons (Fsp3) is 0.471. The fourth-order valence-electron chi connectivity index (χ4n) is 3.34. The highest BCUT2D eigenvalue weighted by Gasteiger charge is 2.34. The van der Waals surface area contributed by atoms with Crippen molar-refractivity contribution in [1.82, 2.24) is 9.88 Å². The van der Waals surface area contributed by atoms with E-state index in [9.17, 15) is 9.90 Å². The van der Waals surface area contributed by atoms with Gasteiger partial charge in [-0.3, -0.25) is 4.79 Å². The molecule has 2 aromatic rings. The minimum Gasteiger partial charge on any atom is -0.396 e. The highest BCUT2D eigenvalue weighted by atomic mass is 35.5. The van der Waals surface area contributed by atoms with Crippen LogP contribution in [0.3, 0.4) is 0 Å². The second-order valence-electron chi connectivity index (χ2n) is 5.99. The number of likely N-dealkylation sites (tertiary alicyclic amines) is 1. The Labute approximate surface area is 140 Å².